The van der Waals surface area contributed by atoms with Crippen LogP contribution in [0.25, 0.3) is 0 Å². The maximum atomic E-state index is 12.4. The zero-order chi connectivity index (χ0) is 21.3. The fraction of sp³-hybridized carbons (Fsp3) is 0.333. The van der Waals surface area contributed by atoms with Crippen LogP contribution in [0.3, 0.4) is 0 Å². The van der Waals surface area contributed by atoms with Crippen LogP contribution in [0.15, 0.2) is 36.4 Å². The number of benzene rings is 2. The molecule has 2 aromatic carbocycles. The first kappa shape index (κ1) is 21.5. The molecule has 28 heavy (non-hydrogen) atoms. The van der Waals surface area contributed by atoms with Crippen molar-refractivity contribution in [2.75, 3.05) is 0 Å². The van der Waals surface area contributed by atoms with Gasteiger partial charge in [0.1, 0.15) is 5.75 Å². The minimum absolute atomic E-state index is 0.0126. The molecule has 0 aliphatic carbocycles. The van der Waals surface area contributed by atoms with Crippen LogP contribution >= 0.6 is 0 Å². The van der Waals surface area contributed by atoms with E-state index in [0.29, 0.717) is 0 Å². The van der Waals surface area contributed by atoms with E-state index >= 15 is 0 Å². The van der Waals surface area contributed by atoms with Crippen LogP contribution in [0.1, 0.15) is 47.9 Å². The normalized spacial score (nSPS) is 11.9. The van der Waals surface area contributed by atoms with Crippen LogP contribution in [0, 0.1) is 0 Å². The number of phenolic OH excluding ortho intramolecular Hbond substituents is 3. The lowest BCUT2D eigenvalue weighted by atomic mass is 10.0. The van der Waals surface area contributed by atoms with Crippen molar-refractivity contribution in [1.29, 1.82) is 0 Å². The average Bonchev–Trinajstić information content (AvgIpc) is 2.57. The Labute approximate surface area is 165 Å². The summed E-state index contributed by atoms with van der Waals surface area (Å²) in [6.45, 7) is 10.0. The number of Topliss-reactive ketones (excluding diaryl/α,β-unsaturated/α-hetero) is 2. The summed E-state index contributed by atoms with van der Waals surface area (Å²) in [5.41, 5.74) is 0.0310. The number of hydrogen-bond acceptors (Lipinski definition) is 6. The zero-order valence-electron chi connectivity index (χ0n) is 16.7. The van der Waals surface area contributed by atoms with E-state index in [2.05, 4.69) is 0 Å². The molecule has 0 aliphatic rings. The third-order valence-corrected chi connectivity index (χ3v) is 9.39. The van der Waals surface area contributed by atoms with Gasteiger partial charge in [-0.3, -0.25) is 9.59 Å². The van der Waals surface area contributed by atoms with E-state index in [1.165, 1.54) is 24.3 Å². The van der Waals surface area contributed by atoms with Gasteiger partial charge < -0.3 is 19.7 Å². The maximum Gasteiger partial charge on any atom is 0.250 e. The lowest BCUT2D eigenvalue weighted by Gasteiger charge is -2.36. The average molecular weight is 403 g/mol. The molecule has 0 aliphatic heterocycles. The Kier molecular flexibility index (Phi) is 5.89. The minimum atomic E-state index is -2.32. The van der Waals surface area contributed by atoms with Crippen molar-refractivity contribution >= 4 is 19.9 Å². The van der Waals surface area contributed by atoms with E-state index in [4.69, 9.17) is 4.43 Å². The number of phenols is 3. The van der Waals surface area contributed by atoms with Crippen molar-refractivity contribution in [2.24, 2.45) is 0 Å². The highest BCUT2D eigenvalue weighted by atomic mass is 28.4. The molecule has 0 saturated heterocycles. The standard InChI is InChI=1S/C21H26O6Si/c1-21(2,3)28(4,5)27-20-18(25)10-13(11-19(20)26)16(23)12-17(24)14-8-6-7-9-15(14)22/h6-11,22,25-26H,12H2,1-5H3. The fourth-order valence-corrected chi connectivity index (χ4v) is 3.35. The van der Waals surface area contributed by atoms with Crippen LogP contribution in [0.2, 0.25) is 18.1 Å². The molecular weight excluding hydrogens is 376 g/mol. The van der Waals surface area contributed by atoms with Gasteiger partial charge >= 0.3 is 0 Å². The molecule has 3 N–H and O–H groups in total. The second-order valence-corrected chi connectivity index (χ2v) is 13.0. The second-order valence-electron chi connectivity index (χ2n) is 8.25. The van der Waals surface area contributed by atoms with E-state index < -0.39 is 26.3 Å². The molecule has 0 radical (unpaired) electrons. The van der Waals surface area contributed by atoms with Crippen molar-refractivity contribution in [3.8, 4) is 23.0 Å². The highest BCUT2D eigenvalue weighted by molar-refractivity contribution is 6.74. The Balaban J connectivity index is 2.25. The monoisotopic (exact) mass is 402 g/mol. The SMILES string of the molecule is CC(C)(C)[Si](C)(C)Oc1c(O)cc(C(=O)CC(=O)c2ccccc2O)cc1O. The topological polar surface area (TPSA) is 104 Å². The van der Waals surface area contributed by atoms with E-state index in [-0.39, 0.29) is 39.2 Å². The Morgan fingerprint density at radius 2 is 1.46 bits per heavy atom. The molecule has 0 atom stereocenters. The van der Waals surface area contributed by atoms with Crippen LogP contribution in [-0.4, -0.2) is 35.2 Å². The van der Waals surface area contributed by atoms with E-state index in [1.54, 1.807) is 12.1 Å². The summed E-state index contributed by atoms with van der Waals surface area (Å²) < 4.78 is 5.96. The van der Waals surface area contributed by atoms with E-state index in [1.807, 2.05) is 33.9 Å². The summed E-state index contributed by atoms with van der Waals surface area (Å²) in [5.74, 6) is -2.12. The van der Waals surface area contributed by atoms with Crippen molar-refractivity contribution in [2.45, 2.75) is 45.3 Å². The molecule has 2 aromatic rings. The number of para-hydroxylation sites is 1. The van der Waals surface area contributed by atoms with Crippen molar-refractivity contribution in [3.05, 3.63) is 47.5 Å². The highest BCUT2D eigenvalue weighted by Gasteiger charge is 2.40. The first-order valence-corrected chi connectivity index (χ1v) is 11.8. The predicted molar refractivity (Wildman–Crippen MR) is 109 cm³/mol. The quantitative estimate of drug-likeness (QED) is 0.369. The highest BCUT2D eigenvalue weighted by Crippen LogP contribution is 2.44. The summed E-state index contributed by atoms with van der Waals surface area (Å²) in [4.78, 5) is 24.7. The van der Waals surface area contributed by atoms with Gasteiger partial charge in [-0.2, -0.15) is 0 Å². The lowest BCUT2D eigenvalue weighted by Crippen LogP contribution is -2.43. The molecule has 150 valence electrons. The molecule has 0 spiro atoms. The number of carbonyl (C=O) groups is 2. The molecule has 2 rings (SSSR count). The molecule has 0 unspecified atom stereocenters. The molecule has 6 nitrogen and oxygen atoms in total. The molecule has 0 fully saturated rings. The van der Waals surface area contributed by atoms with Gasteiger partial charge in [0.25, 0.3) is 8.32 Å². The number of rotatable bonds is 6. The summed E-state index contributed by atoms with van der Waals surface area (Å²) >= 11 is 0. The van der Waals surface area contributed by atoms with Gasteiger partial charge in [0.05, 0.1) is 12.0 Å². The summed E-state index contributed by atoms with van der Waals surface area (Å²) in [6.07, 6.45) is -0.501. The van der Waals surface area contributed by atoms with Gasteiger partial charge in [0.2, 0.25) is 0 Å². The molecule has 0 heterocycles. The van der Waals surface area contributed by atoms with Crippen molar-refractivity contribution in [3.63, 3.8) is 0 Å². The van der Waals surface area contributed by atoms with Crippen molar-refractivity contribution in [1.82, 2.24) is 0 Å². The number of aromatic hydroxyl groups is 3. The van der Waals surface area contributed by atoms with Gasteiger partial charge in [-0.25, -0.2) is 0 Å². The lowest BCUT2D eigenvalue weighted by molar-refractivity contribution is 0.0892. The molecule has 7 heteroatoms. The van der Waals surface area contributed by atoms with Gasteiger partial charge in [-0.05, 0) is 42.4 Å². The molecule has 0 saturated carbocycles. The largest absolute Gasteiger partial charge is 0.539 e. The predicted octanol–water partition coefficient (Wildman–Crippen LogP) is 4.64. The van der Waals surface area contributed by atoms with Gasteiger partial charge in [0.15, 0.2) is 28.8 Å². The van der Waals surface area contributed by atoms with Gasteiger partial charge in [-0.1, -0.05) is 32.9 Å². The Morgan fingerprint density at radius 3 is 1.96 bits per heavy atom. The van der Waals surface area contributed by atoms with Crippen LogP contribution in [-0.2, 0) is 0 Å². The maximum absolute atomic E-state index is 12.4. The third-order valence-electron chi connectivity index (χ3n) is 5.06. The van der Waals surface area contributed by atoms with E-state index in [0.717, 1.165) is 0 Å². The third kappa shape index (κ3) is 4.54. The van der Waals surface area contributed by atoms with Crippen LogP contribution in [0.4, 0.5) is 0 Å². The Hall–Kier alpha value is -2.80. The Morgan fingerprint density at radius 1 is 0.929 bits per heavy atom. The van der Waals surface area contributed by atoms with Gasteiger partial charge in [-0.15, -0.1) is 0 Å². The molecule has 0 aromatic heterocycles. The Bertz CT molecular complexity index is 888. The number of hydrogen-bond donors (Lipinski definition) is 3. The zero-order valence-corrected chi connectivity index (χ0v) is 17.7. The first-order valence-electron chi connectivity index (χ1n) is 8.93. The van der Waals surface area contributed by atoms with Crippen LogP contribution in [0.5, 0.6) is 23.0 Å². The van der Waals surface area contributed by atoms with Gasteiger partial charge in [0, 0.05) is 5.56 Å². The summed E-state index contributed by atoms with van der Waals surface area (Å²) in [6, 6.07) is 8.32. The fourth-order valence-electron chi connectivity index (χ4n) is 2.32. The molecule has 0 bridgehead atoms. The number of ketones is 2. The molecule has 0 amide bonds. The first-order chi connectivity index (χ1) is 12.8. The smallest absolute Gasteiger partial charge is 0.250 e. The second kappa shape index (κ2) is 7.67. The number of carbonyl (C=O) groups excluding carboxylic acids is 2. The van der Waals surface area contributed by atoms with Crippen molar-refractivity contribution < 1.29 is 29.3 Å². The summed E-state index contributed by atoms with van der Waals surface area (Å²) in [7, 11) is -2.32. The van der Waals surface area contributed by atoms with Crippen LogP contribution < -0.4 is 4.43 Å². The minimum Gasteiger partial charge on any atom is -0.539 e. The van der Waals surface area contributed by atoms with E-state index in [9.17, 15) is 24.9 Å². The summed E-state index contributed by atoms with van der Waals surface area (Å²) in [5, 5.41) is 30.2. The molecular formula is C21H26O6Si.